The molecule has 0 aliphatic carbocycles. The van der Waals surface area contributed by atoms with Crippen molar-refractivity contribution >= 4 is 48.6 Å². The molecule has 148 valence electrons. The van der Waals surface area contributed by atoms with E-state index in [1.807, 2.05) is 31.0 Å². The van der Waals surface area contributed by atoms with E-state index < -0.39 is 0 Å². The van der Waals surface area contributed by atoms with Gasteiger partial charge in [-0.2, -0.15) is 9.78 Å². The molecule has 0 fully saturated rings. The molecule has 1 atom stereocenters. The summed E-state index contributed by atoms with van der Waals surface area (Å²) in [6, 6.07) is 6.83. The third-order valence-corrected chi connectivity index (χ3v) is 5.72. The predicted molar refractivity (Wildman–Crippen MR) is 116 cm³/mol. The molecule has 0 amide bonds. The van der Waals surface area contributed by atoms with Crippen molar-refractivity contribution in [3.8, 4) is 5.82 Å². The van der Waals surface area contributed by atoms with Crippen LogP contribution in [0.2, 0.25) is 0 Å². The normalized spacial score (nSPS) is 12.3. The zero-order chi connectivity index (χ0) is 20.7. The van der Waals surface area contributed by atoms with E-state index in [0.29, 0.717) is 11.6 Å². The van der Waals surface area contributed by atoms with Gasteiger partial charge in [0.15, 0.2) is 11.6 Å². The molecule has 11 heteroatoms. The number of hydrogen-bond donors (Lipinski definition) is 0. The Hall–Kier alpha value is -2.66. The second-order valence-corrected chi connectivity index (χ2v) is 8.22. The fourth-order valence-electron chi connectivity index (χ4n) is 3.03. The van der Waals surface area contributed by atoms with Crippen LogP contribution in [0.3, 0.4) is 0 Å². The van der Waals surface area contributed by atoms with Crippen LogP contribution < -0.4 is 10.5 Å². The fourth-order valence-corrected chi connectivity index (χ4v) is 4.36. The smallest absolute Gasteiger partial charge is 0.266 e. The molecule has 0 spiro atoms. The van der Waals surface area contributed by atoms with Crippen molar-refractivity contribution in [1.82, 2.24) is 34.5 Å². The summed E-state index contributed by atoms with van der Waals surface area (Å²) in [6.45, 7) is 2.00. The minimum absolute atomic E-state index is 0.188. The zero-order valence-electron chi connectivity index (χ0n) is 15.8. The maximum absolute atomic E-state index is 11.7. The first-order chi connectivity index (χ1) is 13.9. The summed E-state index contributed by atoms with van der Waals surface area (Å²) in [6.07, 6.45) is 3.01. The van der Waals surface area contributed by atoms with Gasteiger partial charge in [-0.05, 0) is 41.1 Å². The Morgan fingerprint density at radius 3 is 2.66 bits per heavy atom. The van der Waals surface area contributed by atoms with Crippen molar-refractivity contribution in [3.05, 3.63) is 62.0 Å². The SMILES string of the molecule is C[C@@H](c1ncnn1-c1ccc(=O)n(C)n1)N(C)c1ncnc2c(Br)cc(Br)cc12. The summed E-state index contributed by atoms with van der Waals surface area (Å²) in [4.78, 5) is 27.0. The van der Waals surface area contributed by atoms with Gasteiger partial charge in [0.05, 0.1) is 11.6 Å². The third kappa shape index (κ3) is 3.55. The van der Waals surface area contributed by atoms with Crippen LogP contribution in [0.15, 0.2) is 50.7 Å². The summed E-state index contributed by atoms with van der Waals surface area (Å²) >= 11 is 7.09. The van der Waals surface area contributed by atoms with Gasteiger partial charge in [-0.25, -0.2) is 19.6 Å². The van der Waals surface area contributed by atoms with Crippen molar-refractivity contribution in [1.29, 1.82) is 0 Å². The zero-order valence-corrected chi connectivity index (χ0v) is 19.0. The van der Waals surface area contributed by atoms with E-state index in [0.717, 1.165) is 25.7 Å². The van der Waals surface area contributed by atoms with Gasteiger partial charge in [0.1, 0.15) is 18.5 Å². The van der Waals surface area contributed by atoms with Crippen LogP contribution in [-0.4, -0.2) is 41.6 Å². The van der Waals surface area contributed by atoms with Crippen LogP contribution >= 0.6 is 31.9 Å². The molecular weight excluding hydrogens is 504 g/mol. The Morgan fingerprint density at radius 2 is 1.90 bits per heavy atom. The van der Waals surface area contributed by atoms with E-state index >= 15 is 0 Å². The largest absolute Gasteiger partial charge is 0.349 e. The standard InChI is InChI=1S/C18H16Br2N8O/c1-10(17-23-9-24-28(17)14-4-5-15(29)27(3)25-14)26(2)18-12-6-11(19)7-13(20)16(12)21-8-22-18/h4-10H,1-3H3/t10-/m0/s1. The van der Waals surface area contributed by atoms with Gasteiger partial charge in [0.25, 0.3) is 5.56 Å². The Kier molecular flexibility index (Phi) is 5.17. The van der Waals surface area contributed by atoms with Crippen LogP contribution in [0.5, 0.6) is 0 Å². The highest BCUT2D eigenvalue weighted by Crippen LogP contribution is 2.34. The van der Waals surface area contributed by atoms with E-state index in [1.165, 1.54) is 17.1 Å². The van der Waals surface area contributed by atoms with Gasteiger partial charge in [0, 0.05) is 34.5 Å². The topological polar surface area (TPSA) is 94.6 Å². The number of fused-ring (bicyclic) bond motifs is 1. The summed E-state index contributed by atoms with van der Waals surface area (Å²) < 4.78 is 4.69. The van der Waals surface area contributed by atoms with Gasteiger partial charge in [0.2, 0.25) is 0 Å². The molecule has 0 saturated heterocycles. The maximum Gasteiger partial charge on any atom is 0.266 e. The molecule has 0 unspecified atom stereocenters. The summed E-state index contributed by atoms with van der Waals surface area (Å²) in [7, 11) is 3.54. The molecule has 0 radical (unpaired) electrons. The summed E-state index contributed by atoms with van der Waals surface area (Å²) in [5, 5.41) is 9.47. The first-order valence-corrected chi connectivity index (χ1v) is 10.2. The molecule has 3 heterocycles. The molecule has 0 aliphatic heterocycles. The quantitative estimate of drug-likeness (QED) is 0.409. The molecule has 0 bridgehead atoms. The summed E-state index contributed by atoms with van der Waals surface area (Å²) in [5.41, 5.74) is 0.627. The minimum atomic E-state index is -0.191. The van der Waals surface area contributed by atoms with E-state index in [4.69, 9.17) is 0 Å². The molecule has 0 saturated carbocycles. The first kappa shape index (κ1) is 19.6. The average molecular weight is 520 g/mol. The van der Waals surface area contributed by atoms with Crippen molar-refractivity contribution in [2.24, 2.45) is 7.05 Å². The van der Waals surface area contributed by atoms with Gasteiger partial charge in [-0.3, -0.25) is 4.79 Å². The lowest BCUT2D eigenvalue weighted by molar-refractivity contribution is 0.616. The van der Waals surface area contributed by atoms with Crippen LogP contribution in [-0.2, 0) is 7.05 Å². The van der Waals surface area contributed by atoms with Crippen molar-refractivity contribution in [2.75, 3.05) is 11.9 Å². The number of aromatic nitrogens is 7. The molecule has 3 aromatic heterocycles. The number of anilines is 1. The van der Waals surface area contributed by atoms with Crippen LogP contribution in [0.25, 0.3) is 16.7 Å². The highest BCUT2D eigenvalue weighted by molar-refractivity contribution is 9.11. The number of rotatable bonds is 4. The van der Waals surface area contributed by atoms with E-state index in [-0.39, 0.29) is 11.6 Å². The molecule has 29 heavy (non-hydrogen) atoms. The number of halogens is 2. The molecular formula is C18H16Br2N8O. The number of aryl methyl sites for hydroxylation is 1. The summed E-state index contributed by atoms with van der Waals surface area (Å²) in [5.74, 6) is 1.94. The molecule has 0 N–H and O–H groups in total. The lowest BCUT2D eigenvalue weighted by Gasteiger charge is -2.26. The number of nitrogens with zero attached hydrogens (tertiary/aromatic N) is 8. The van der Waals surface area contributed by atoms with E-state index in [2.05, 4.69) is 57.0 Å². The Labute approximate surface area is 182 Å². The third-order valence-electron chi connectivity index (χ3n) is 4.66. The van der Waals surface area contributed by atoms with Gasteiger partial charge >= 0.3 is 0 Å². The highest BCUT2D eigenvalue weighted by Gasteiger charge is 2.23. The van der Waals surface area contributed by atoms with Crippen LogP contribution in [0.4, 0.5) is 5.82 Å². The minimum Gasteiger partial charge on any atom is -0.349 e. The Balaban J connectivity index is 1.78. The molecule has 9 nitrogen and oxygen atoms in total. The fraction of sp³-hybridized carbons (Fsp3) is 0.222. The number of hydrogen-bond acceptors (Lipinski definition) is 7. The average Bonchev–Trinajstić information content (AvgIpc) is 3.18. The van der Waals surface area contributed by atoms with Gasteiger partial charge < -0.3 is 4.90 Å². The predicted octanol–water partition coefficient (Wildman–Crippen LogP) is 3.03. The monoisotopic (exact) mass is 518 g/mol. The lowest BCUT2D eigenvalue weighted by Crippen LogP contribution is -2.27. The molecule has 1 aromatic carbocycles. The van der Waals surface area contributed by atoms with Crippen LogP contribution in [0, 0.1) is 0 Å². The van der Waals surface area contributed by atoms with Crippen molar-refractivity contribution in [3.63, 3.8) is 0 Å². The van der Waals surface area contributed by atoms with E-state index in [9.17, 15) is 4.79 Å². The maximum atomic E-state index is 11.7. The molecule has 4 aromatic rings. The van der Waals surface area contributed by atoms with Gasteiger partial charge in [-0.1, -0.05) is 15.9 Å². The number of benzene rings is 1. The Morgan fingerprint density at radius 1 is 1.10 bits per heavy atom. The lowest BCUT2D eigenvalue weighted by atomic mass is 10.2. The molecule has 4 rings (SSSR count). The molecule has 0 aliphatic rings. The van der Waals surface area contributed by atoms with Crippen molar-refractivity contribution < 1.29 is 0 Å². The second-order valence-electron chi connectivity index (χ2n) is 6.45. The highest BCUT2D eigenvalue weighted by atomic mass is 79.9. The van der Waals surface area contributed by atoms with E-state index in [1.54, 1.807) is 24.1 Å². The second kappa shape index (κ2) is 7.64. The Bertz CT molecular complexity index is 1270. The van der Waals surface area contributed by atoms with Crippen molar-refractivity contribution in [2.45, 2.75) is 13.0 Å². The van der Waals surface area contributed by atoms with Crippen LogP contribution in [0.1, 0.15) is 18.8 Å². The van der Waals surface area contributed by atoms with Gasteiger partial charge in [-0.15, -0.1) is 5.10 Å². The first-order valence-electron chi connectivity index (χ1n) is 8.64.